The van der Waals surface area contributed by atoms with E-state index < -0.39 is 0 Å². The van der Waals surface area contributed by atoms with Crippen LogP contribution in [0.4, 0.5) is 0 Å². The van der Waals surface area contributed by atoms with E-state index >= 15 is 0 Å². The molecule has 15 heavy (non-hydrogen) atoms. The van der Waals surface area contributed by atoms with Crippen molar-refractivity contribution < 1.29 is 4.79 Å². The predicted molar refractivity (Wildman–Crippen MR) is 57.8 cm³/mol. The lowest BCUT2D eigenvalue weighted by Gasteiger charge is -2.10. The molecule has 0 saturated heterocycles. The van der Waals surface area contributed by atoms with Crippen molar-refractivity contribution in [1.29, 1.82) is 0 Å². The molecule has 1 aromatic heterocycles. The molecule has 1 atom stereocenters. The number of aromatic nitrogens is 2. The van der Waals surface area contributed by atoms with Gasteiger partial charge in [-0.05, 0) is 19.8 Å². The van der Waals surface area contributed by atoms with E-state index in [1.807, 2.05) is 17.8 Å². The van der Waals surface area contributed by atoms with Crippen LogP contribution in [0.3, 0.4) is 0 Å². The lowest BCUT2D eigenvalue weighted by atomic mass is 10.2. The molecule has 1 amide bonds. The fraction of sp³-hybridized carbons (Fsp3) is 0.600. The highest BCUT2D eigenvalue weighted by Crippen LogP contribution is 2.34. The number of rotatable bonds is 4. The summed E-state index contributed by atoms with van der Waals surface area (Å²) < 4.78 is 1.97. The van der Waals surface area contributed by atoms with Gasteiger partial charge < -0.3 is 5.32 Å². The second-order valence-corrected chi connectivity index (χ2v) is 4.17. The lowest BCUT2D eigenvalue weighted by molar-refractivity contribution is -0.119. The zero-order valence-corrected chi connectivity index (χ0v) is 9.37. The van der Waals surface area contributed by atoms with Crippen molar-refractivity contribution in [3.8, 4) is 0 Å². The third-order valence-electron chi connectivity index (χ3n) is 2.54. The van der Waals surface area contributed by atoms with Crippen LogP contribution in [0.2, 0.25) is 0 Å². The molecule has 1 fully saturated rings. The first-order chi connectivity index (χ1) is 7.20. The average Bonchev–Trinajstić information content (AvgIpc) is 2.96. The summed E-state index contributed by atoms with van der Waals surface area (Å²) in [6.45, 7) is 1.93. The molecule has 0 spiro atoms. The Morgan fingerprint density at radius 3 is 3.13 bits per heavy atom. The van der Waals surface area contributed by atoms with E-state index in [2.05, 4.69) is 10.4 Å². The highest BCUT2D eigenvalue weighted by Gasteiger charge is 2.24. The first-order valence-electron chi connectivity index (χ1n) is 5.10. The van der Waals surface area contributed by atoms with Gasteiger partial charge in [-0.3, -0.25) is 9.48 Å². The molecule has 82 valence electrons. The number of carbonyl (C=O) groups excluding carboxylic acids is 1. The predicted octanol–water partition coefficient (Wildman–Crippen LogP) is 1.63. The van der Waals surface area contributed by atoms with Gasteiger partial charge in [-0.2, -0.15) is 5.10 Å². The number of amides is 1. The van der Waals surface area contributed by atoms with E-state index in [0.29, 0.717) is 6.04 Å². The number of alkyl halides is 1. The molecule has 1 heterocycles. The van der Waals surface area contributed by atoms with Crippen LogP contribution >= 0.6 is 11.6 Å². The summed E-state index contributed by atoms with van der Waals surface area (Å²) in [5.74, 6) is -0.149. The normalized spacial score (nSPS) is 17.5. The highest BCUT2D eigenvalue weighted by molar-refractivity contribution is 6.27. The third-order valence-corrected chi connectivity index (χ3v) is 2.78. The van der Waals surface area contributed by atoms with Crippen LogP contribution in [0.25, 0.3) is 0 Å². The molecule has 4 nitrogen and oxygen atoms in total. The van der Waals surface area contributed by atoms with Gasteiger partial charge in [0.15, 0.2) is 0 Å². The zero-order chi connectivity index (χ0) is 10.8. The van der Waals surface area contributed by atoms with Crippen molar-refractivity contribution in [2.24, 2.45) is 0 Å². The topological polar surface area (TPSA) is 46.9 Å². The smallest absolute Gasteiger partial charge is 0.235 e. The number of carbonyl (C=O) groups is 1. The second kappa shape index (κ2) is 4.23. The minimum absolute atomic E-state index is 0.00109. The zero-order valence-electron chi connectivity index (χ0n) is 8.61. The maximum absolute atomic E-state index is 11.1. The molecular formula is C10H14ClN3O. The number of nitrogens with zero attached hydrogens (tertiary/aromatic N) is 2. The molecule has 0 bridgehead atoms. The van der Waals surface area contributed by atoms with Gasteiger partial charge in [0.1, 0.15) is 5.88 Å². The van der Waals surface area contributed by atoms with Gasteiger partial charge in [-0.25, -0.2) is 0 Å². The Bertz CT molecular complexity index is 359. The second-order valence-electron chi connectivity index (χ2n) is 3.91. The van der Waals surface area contributed by atoms with Gasteiger partial charge in [0.05, 0.1) is 18.3 Å². The minimum atomic E-state index is -0.150. The molecule has 0 radical (unpaired) electrons. The molecule has 1 aliphatic rings. The number of nitrogens with one attached hydrogen (secondary N) is 1. The van der Waals surface area contributed by atoms with Crippen LogP contribution in [0.15, 0.2) is 12.4 Å². The van der Waals surface area contributed by atoms with E-state index in [4.69, 9.17) is 11.6 Å². The van der Waals surface area contributed by atoms with Gasteiger partial charge >= 0.3 is 0 Å². The van der Waals surface area contributed by atoms with E-state index in [9.17, 15) is 4.79 Å². The Labute approximate surface area is 93.6 Å². The van der Waals surface area contributed by atoms with Gasteiger partial charge in [-0.15, -0.1) is 11.6 Å². The van der Waals surface area contributed by atoms with Crippen molar-refractivity contribution in [1.82, 2.24) is 15.1 Å². The third kappa shape index (κ3) is 2.50. The van der Waals surface area contributed by atoms with Crippen LogP contribution in [-0.4, -0.2) is 21.6 Å². The van der Waals surface area contributed by atoms with Gasteiger partial charge in [0.25, 0.3) is 0 Å². The van der Waals surface area contributed by atoms with Crippen LogP contribution in [0, 0.1) is 0 Å². The SMILES string of the molecule is CC(NC(=O)CCl)c1cnn(C2CC2)c1. The number of hydrogen-bond acceptors (Lipinski definition) is 2. The number of halogens is 1. The van der Waals surface area contributed by atoms with E-state index in [1.165, 1.54) is 12.8 Å². The Kier molecular flexibility index (Phi) is 2.95. The molecule has 5 heteroatoms. The van der Waals surface area contributed by atoms with Crippen molar-refractivity contribution >= 4 is 17.5 Å². The fourth-order valence-electron chi connectivity index (χ4n) is 1.48. The summed E-state index contributed by atoms with van der Waals surface area (Å²) in [7, 11) is 0. The quantitative estimate of drug-likeness (QED) is 0.795. The van der Waals surface area contributed by atoms with Crippen LogP contribution in [0.1, 0.15) is 37.4 Å². The highest BCUT2D eigenvalue weighted by atomic mass is 35.5. The van der Waals surface area contributed by atoms with E-state index in [-0.39, 0.29) is 17.8 Å². The van der Waals surface area contributed by atoms with Crippen molar-refractivity contribution in [2.75, 3.05) is 5.88 Å². The molecule has 1 N–H and O–H groups in total. The summed E-state index contributed by atoms with van der Waals surface area (Å²) in [6.07, 6.45) is 6.22. The van der Waals surface area contributed by atoms with Gasteiger partial charge in [0, 0.05) is 11.8 Å². The van der Waals surface area contributed by atoms with Gasteiger partial charge in [-0.1, -0.05) is 0 Å². The molecule has 0 aliphatic heterocycles. The Hall–Kier alpha value is -1.03. The van der Waals surface area contributed by atoms with Crippen molar-refractivity contribution in [3.05, 3.63) is 18.0 Å². The Morgan fingerprint density at radius 2 is 2.53 bits per heavy atom. The average molecular weight is 228 g/mol. The standard InChI is InChI=1S/C10H14ClN3O/c1-7(13-10(15)4-11)8-5-12-14(6-8)9-2-3-9/h5-7,9H,2-4H2,1H3,(H,13,15). The molecule has 1 saturated carbocycles. The fourth-order valence-corrected chi connectivity index (χ4v) is 1.56. The summed E-state index contributed by atoms with van der Waals surface area (Å²) >= 11 is 5.42. The molecular weight excluding hydrogens is 214 g/mol. The lowest BCUT2D eigenvalue weighted by Crippen LogP contribution is -2.27. The van der Waals surface area contributed by atoms with Gasteiger partial charge in [0.2, 0.25) is 5.91 Å². The summed E-state index contributed by atoms with van der Waals surface area (Å²) in [6, 6.07) is 0.554. The maximum Gasteiger partial charge on any atom is 0.235 e. The first kappa shape index (κ1) is 10.5. The maximum atomic E-state index is 11.1. The number of hydrogen-bond donors (Lipinski definition) is 1. The summed E-state index contributed by atoms with van der Waals surface area (Å²) in [4.78, 5) is 11.1. The minimum Gasteiger partial charge on any atom is -0.348 e. The van der Waals surface area contributed by atoms with Crippen LogP contribution in [0.5, 0.6) is 0 Å². The van der Waals surface area contributed by atoms with E-state index in [0.717, 1.165) is 5.56 Å². The van der Waals surface area contributed by atoms with Crippen molar-refractivity contribution in [2.45, 2.75) is 31.8 Å². The van der Waals surface area contributed by atoms with Crippen LogP contribution < -0.4 is 5.32 Å². The monoisotopic (exact) mass is 227 g/mol. The van der Waals surface area contributed by atoms with E-state index in [1.54, 1.807) is 6.20 Å². The molecule has 0 aromatic carbocycles. The molecule has 1 aromatic rings. The Morgan fingerprint density at radius 1 is 1.80 bits per heavy atom. The molecule has 2 rings (SSSR count). The summed E-state index contributed by atoms with van der Waals surface area (Å²) in [5, 5.41) is 7.06. The van der Waals surface area contributed by atoms with Crippen molar-refractivity contribution in [3.63, 3.8) is 0 Å². The molecule has 1 aliphatic carbocycles. The largest absolute Gasteiger partial charge is 0.348 e. The first-order valence-corrected chi connectivity index (χ1v) is 5.63. The Balaban J connectivity index is 1.98. The van der Waals surface area contributed by atoms with Crippen LogP contribution in [-0.2, 0) is 4.79 Å². The molecule has 1 unspecified atom stereocenters. The summed E-state index contributed by atoms with van der Waals surface area (Å²) in [5.41, 5.74) is 1.03.